The molecule has 0 saturated carbocycles. The topological polar surface area (TPSA) is 49.8 Å². The molecule has 0 saturated heterocycles. The highest BCUT2D eigenvalue weighted by Gasteiger charge is 2.26. The summed E-state index contributed by atoms with van der Waals surface area (Å²) >= 11 is 0. The van der Waals surface area contributed by atoms with Crippen LogP contribution in [0.3, 0.4) is 0 Å². The maximum atomic E-state index is 12.2. The van der Waals surface area contributed by atoms with Crippen LogP contribution in [-0.4, -0.2) is 23.1 Å². The number of aromatic hydroxyl groups is 1. The van der Waals surface area contributed by atoms with E-state index in [1.807, 2.05) is 18.2 Å². The van der Waals surface area contributed by atoms with Crippen molar-refractivity contribution >= 4 is 12.0 Å². The van der Waals surface area contributed by atoms with Gasteiger partial charge in [-0.3, -0.25) is 4.79 Å². The third-order valence-electron chi connectivity index (χ3n) is 4.07. The highest BCUT2D eigenvalue weighted by atomic mass is 16.7. The van der Waals surface area contributed by atoms with Crippen molar-refractivity contribution in [3.8, 4) is 5.75 Å². The maximum Gasteiger partial charge on any atom is 0.286 e. The van der Waals surface area contributed by atoms with Gasteiger partial charge in [0.1, 0.15) is 12.0 Å². The summed E-state index contributed by atoms with van der Waals surface area (Å²) in [6.07, 6.45) is 4.98. The first-order valence-electron chi connectivity index (χ1n) is 8.12. The Morgan fingerprint density at radius 2 is 1.54 bits per heavy atom. The van der Waals surface area contributed by atoms with E-state index < -0.39 is 0 Å². The van der Waals surface area contributed by atoms with Crippen molar-refractivity contribution in [3.05, 3.63) is 46.7 Å². The third-order valence-corrected chi connectivity index (χ3v) is 4.07. The highest BCUT2D eigenvalue weighted by molar-refractivity contribution is 6.00. The number of hydrogen-bond donors (Lipinski definition) is 1. The minimum atomic E-state index is -0.203. The van der Waals surface area contributed by atoms with E-state index in [0.717, 1.165) is 16.7 Å². The van der Waals surface area contributed by atoms with Gasteiger partial charge in [0.25, 0.3) is 5.91 Å². The Balaban J connectivity index is 2.65. The van der Waals surface area contributed by atoms with E-state index in [1.165, 1.54) is 11.3 Å². The van der Waals surface area contributed by atoms with E-state index in [-0.39, 0.29) is 16.7 Å². The molecular weight excluding hydrogens is 302 g/mol. The number of likely N-dealkylation sites (N-methyl/N-ethyl adjacent to an activating group) is 1. The molecule has 0 aromatic heterocycles. The number of hydrogen-bond acceptors (Lipinski definition) is 3. The average molecular weight is 329 g/mol. The molecule has 1 aromatic carbocycles. The molecule has 0 atom stereocenters. The quantitative estimate of drug-likeness (QED) is 0.782. The van der Waals surface area contributed by atoms with Crippen molar-refractivity contribution in [1.82, 2.24) is 5.06 Å². The summed E-state index contributed by atoms with van der Waals surface area (Å²) < 4.78 is 0. The summed E-state index contributed by atoms with van der Waals surface area (Å²) in [7, 11) is 1.58. The number of hydroxylamine groups is 2. The lowest BCUT2D eigenvalue weighted by Crippen LogP contribution is -2.28. The molecule has 0 fully saturated rings. The van der Waals surface area contributed by atoms with E-state index in [4.69, 9.17) is 4.84 Å². The second-order valence-corrected chi connectivity index (χ2v) is 8.28. The molecule has 1 amide bonds. The maximum absolute atomic E-state index is 12.2. The smallest absolute Gasteiger partial charge is 0.286 e. The van der Waals surface area contributed by atoms with Gasteiger partial charge in [0.15, 0.2) is 0 Å². The van der Waals surface area contributed by atoms with Gasteiger partial charge >= 0.3 is 0 Å². The number of phenolic OH excluding ortho intramolecular Hbond substituents is 1. The van der Waals surface area contributed by atoms with E-state index in [2.05, 4.69) is 41.5 Å². The summed E-state index contributed by atoms with van der Waals surface area (Å²) in [5.74, 6) is 0.142. The first-order chi connectivity index (χ1) is 10.9. The Hall–Kier alpha value is -2.23. The Morgan fingerprint density at radius 1 is 1.04 bits per heavy atom. The molecule has 0 bridgehead atoms. The molecule has 1 aromatic rings. The molecule has 0 aliphatic carbocycles. The summed E-state index contributed by atoms with van der Waals surface area (Å²) in [6, 6.07) is 3.91. The van der Waals surface area contributed by atoms with Crippen LogP contribution in [0.2, 0.25) is 0 Å². The van der Waals surface area contributed by atoms with Gasteiger partial charge in [-0.15, -0.1) is 0 Å². The van der Waals surface area contributed by atoms with Gasteiger partial charge in [0.05, 0.1) is 0 Å². The number of carbonyl (C=O) groups excluding carboxylic acids is 1. The predicted molar refractivity (Wildman–Crippen MR) is 96.5 cm³/mol. The monoisotopic (exact) mass is 329 g/mol. The molecule has 1 heterocycles. The molecule has 2 rings (SSSR count). The van der Waals surface area contributed by atoms with Gasteiger partial charge in [0.2, 0.25) is 0 Å². The van der Waals surface area contributed by atoms with Gasteiger partial charge in [-0.1, -0.05) is 41.5 Å². The zero-order valence-corrected chi connectivity index (χ0v) is 15.6. The standard InChI is InChI=1S/C20H27NO3/c1-19(2,3)15-11-13(12-16(17(15)22)20(4,5)6)10-14-8-9-24-21(7)18(14)23/h8-12,22H,1-7H3/b14-10-. The third kappa shape index (κ3) is 3.64. The SMILES string of the molecule is CN1OC=C/C(=C/c2cc(C(C)(C)C)c(O)c(C(C)(C)C)c2)C1=O. The van der Waals surface area contributed by atoms with Gasteiger partial charge in [0, 0.05) is 23.7 Å². The van der Waals surface area contributed by atoms with Crippen LogP contribution in [0.4, 0.5) is 0 Å². The van der Waals surface area contributed by atoms with Gasteiger partial charge in [-0.25, -0.2) is 0 Å². The van der Waals surface area contributed by atoms with Crippen LogP contribution < -0.4 is 0 Å². The molecule has 0 spiro atoms. The second-order valence-electron chi connectivity index (χ2n) is 8.28. The lowest BCUT2D eigenvalue weighted by atomic mass is 9.78. The number of amides is 1. The van der Waals surface area contributed by atoms with E-state index in [1.54, 1.807) is 13.1 Å². The van der Waals surface area contributed by atoms with Crippen molar-refractivity contribution in [3.63, 3.8) is 0 Å². The minimum absolute atomic E-state index is 0.194. The number of carbonyl (C=O) groups is 1. The molecule has 24 heavy (non-hydrogen) atoms. The van der Waals surface area contributed by atoms with E-state index in [0.29, 0.717) is 11.3 Å². The van der Waals surface area contributed by atoms with Crippen molar-refractivity contribution in [2.45, 2.75) is 52.4 Å². The predicted octanol–water partition coefficient (Wildman–Crippen LogP) is 4.29. The number of nitrogens with zero attached hydrogens (tertiary/aromatic N) is 1. The Kier molecular flexibility index (Phi) is 4.53. The molecule has 130 valence electrons. The fraction of sp³-hybridized carbons (Fsp3) is 0.450. The first-order valence-corrected chi connectivity index (χ1v) is 8.12. The molecule has 1 aliphatic rings. The van der Waals surface area contributed by atoms with Gasteiger partial charge < -0.3 is 9.94 Å². The lowest BCUT2D eigenvalue weighted by Gasteiger charge is -2.28. The van der Waals surface area contributed by atoms with Crippen LogP contribution in [-0.2, 0) is 20.5 Å². The Bertz CT molecular complexity index is 680. The van der Waals surface area contributed by atoms with Crippen LogP contribution in [0.25, 0.3) is 6.08 Å². The zero-order chi connectivity index (χ0) is 18.3. The summed E-state index contributed by atoms with van der Waals surface area (Å²) in [5.41, 5.74) is 2.79. The van der Waals surface area contributed by atoms with Crippen LogP contribution in [0, 0.1) is 0 Å². The average Bonchev–Trinajstić information content (AvgIpc) is 2.43. The molecule has 4 heteroatoms. The van der Waals surface area contributed by atoms with Crippen LogP contribution in [0.15, 0.2) is 30.0 Å². The van der Waals surface area contributed by atoms with Gasteiger partial charge in [-0.2, -0.15) is 5.06 Å². The second kappa shape index (κ2) is 6.00. The normalized spacial score (nSPS) is 17.4. The fourth-order valence-electron chi connectivity index (χ4n) is 2.67. The Labute approximate surface area is 144 Å². The van der Waals surface area contributed by atoms with Gasteiger partial charge in [-0.05, 0) is 40.7 Å². The van der Waals surface area contributed by atoms with Crippen molar-refractivity contribution in [2.75, 3.05) is 7.05 Å². The molecule has 1 N–H and O–H groups in total. The molecule has 4 nitrogen and oxygen atoms in total. The fourth-order valence-corrected chi connectivity index (χ4v) is 2.67. The first kappa shape index (κ1) is 18.1. The van der Waals surface area contributed by atoms with Crippen molar-refractivity contribution in [1.29, 1.82) is 0 Å². The number of benzene rings is 1. The molecule has 0 radical (unpaired) electrons. The van der Waals surface area contributed by atoms with Crippen molar-refractivity contribution < 1.29 is 14.7 Å². The van der Waals surface area contributed by atoms with E-state index >= 15 is 0 Å². The van der Waals surface area contributed by atoms with Crippen LogP contribution in [0.5, 0.6) is 5.75 Å². The number of phenols is 1. The number of rotatable bonds is 1. The summed E-state index contributed by atoms with van der Waals surface area (Å²) in [4.78, 5) is 17.2. The zero-order valence-electron chi connectivity index (χ0n) is 15.6. The summed E-state index contributed by atoms with van der Waals surface area (Å²) in [6.45, 7) is 12.4. The minimum Gasteiger partial charge on any atom is -0.507 e. The Morgan fingerprint density at radius 3 is 2.00 bits per heavy atom. The molecular formula is C20H27NO3. The van der Waals surface area contributed by atoms with Crippen molar-refractivity contribution in [2.24, 2.45) is 0 Å². The lowest BCUT2D eigenvalue weighted by molar-refractivity contribution is -0.158. The van der Waals surface area contributed by atoms with Crippen LogP contribution in [0.1, 0.15) is 58.2 Å². The molecule has 1 aliphatic heterocycles. The summed E-state index contributed by atoms with van der Waals surface area (Å²) in [5, 5.41) is 12.0. The molecule has 0 unspecified atom stereocenters. The van der Waals surface area contributed by atoms with Crippen LogP contribution >= 0.6 is 0 Å². The highest BCUT2D eigenvalue weighted by Crippen LogP contribution is 2.40. The largest absolute Gasteiger partial charge is 0.507 e. The van der Waals surface area contributed by atoms with E-state index in [9.17, 15) is 9.90 Å².